The Morgan fingerprint density at radius 1 is 1.18 bits per heavy atom. The van der Waals surface area contributed by atoms with E-state index < -0.39 is 0 Å². The normalized spacial score (nSPS) is 15.5. The molecule has 1 heterocycles. The second-order valence-electron chi connectivity index (χ2n) is 5.93. The lowest BCUT2D eigenvalue weighted by Crippen LogP contribution is -2.46. The van der Waals surface area contributed by atoms with E-state index in [1.165, 1.54) is 0 Å². The fraction of sp³-hybridized carbons (Fsp3) is 0.529. The fourth-order valence-electron chi connectivity index (χ4n) is 2.64. The van der Waals surface area contributed by atoms with E-state index in [-0.39, 0.29) is 17.9 Å². The SMILES string of the molecule is CCC(=O)NC1CCN(C(=O)c2ccc(N(C)C)cc2)CC1. The number of carbonyl (C=O) groups excluding carboxylic acids is 2. The molecule has 0 saturated carbocycles. The van der Waals surface area contributed by atoms with Gasteiger partial charge in [-0.3, -0.25) is 9.59 Å². The third-order valence-corrected chi connectivity index (χ3v) is 4.10. The molecule has 1 aromatic carbocycles. The number of nitrogens with one attached hydrogen (secondary N) is 1. The lowest BCUT2D eigenvalue weighted by molar-refractivity contribution is -0.121. The van der Waals surface area contributed by atoms with Crippen LogP contribution in [0.3, 0.4) is 0 Å². The van der Waals surface area contributed by atoms with E-state index in [0.717, 1.165) is 24.1 Å². The minimum absolute atomic E-state index is 0.0746. The number of amides is 2. The third kappa shape index (κ3) is 4.00. The zero-order valence-electron chi connectivity index (χ0n) is 13.6. The van der Waals surface area contributed by atoms with Gasteiger partial charge in [-0.15, -0.1) is 0 Å². The molecule has 120 valence electrons. The van der Waals surface area contributed by atoms with E-state index in [4.69, 9.17) is 0 Å². The maximum absolute atomic E-state index is 12.5. The highest BCUT2D eigenvalue weighted by Gasteiger charge is 2.24. The van der Waals surface area contributed by atoms with Gasteiger partial charge in [-0.25, -0.2) is 0 Å². The number of nitrogens with zero attached hydrogens (tertiary/aromatic N) is 2. The van der Waals surface area contributed by atoms with Gasteiger partial charge in [-0.2, -0.15) is 0 Å². The number of benzene rings is 1. The molecular weight excluding hydrogens is 278 g/mol. The highest BCUT2D eigenvalue weighted by atomic mass is 16.2. The molecule has 0 spiro atoms. The lowest BCUT2D eigenvalue weighted by atomic mass is 10.0. The Labute approximate surface area is 132 Å². The van der Waals surface area contributed by atoms with Crippen molar-refractivity contribution in [2.24, 2.45) is 0 Å². The first-order chi connectivity index (χ1) is 10.5. The highest BCUT2D eigenvalue weighted by molar-refractivity contribution is 5.94. The molecule has 1 aliphatic rings. The van der Waals surface area contributed by atoms with Crippen LogP contribution in [0, 0.1) is 0 Å². The molecule has 1 aliphatic heterocycles. The van der Waals surface area contributed by atoms with Crippen molar-refractivity contribution in [3.63, 3.8) is 0 Å². The molecule has 0 aromatic heterocycles. The van der Waals surface area contributed by atoms with Gasteiger partial charge in [0.25, 0.3) is 5.91 Å². The maximum atomic E-state index is 12.5. The number of carbonyl (C=O) groups is 2. The van der Waals surface area contributed by atoms with Crippen LogP contribution in [0.5, 0.6) is 0 Å². The zero-order valence-corrected chi connectivity index (χ0v) is 13.6. The molecule has 2 rings (SSSR count). The van der Waals surface area contributed by atoms with E-state index in [1.54, 1.807) is 0 Å². The Balaban J connectivity index is 1.90. The number of hydrogen-bond acceptors (Lipinski definition) is 3. The lowest BCUT2D eigenvalue weighted by Gasteiger charge is -2.32. The van der Waals surface area contributed by atoms with Crippen molar-refractivity contribution in [3.05, 3.63) is 29.8 Å². The molecule has 0 bridgehead atoms. The first-order valence-corrected chi connectivity index (χ1v) is 7.87. The number of rotatable bonds is 4. The predicted octanol–water partition coefficient (Wildman–Crippen LogP) is 1.88. The molecule has 1 N–H and O–H groups in total. The van der Waals surface area contributed by atoms with Crippen LogP contribution in [0.2, 0.25) is 0 Å². The molecule has 5 nitrogen and oxygen atoms in total. The summed E-state index contributed by atoms with van der Waals surface area (Å²) < 4.78 is 0. The molecular formula is C17H25N3O2. The van der Waals surface area contributed by atoms with Crippen molar-refractivity contribution in [2.75, 3.05) is 32.1 Å². The molecule has 2 amide bonds. The van der Waals surface area contributed by atoms with Crippen LogP contribution in [0.4, 0.5) is 5.69 Å². The van der Waals surface area contributed by atoms with E-state index in [2.05, 4.69) is 5.32 Å². The number of piperidine rings is 1. The van der Waals surface area contributed by atoms with E-state index in [0.29, 0.717) is 19.5 Å². The molecule has 0 unspecified atom stereocenters. The quantitative estimate of drug-likeness (QED) is 0.924. The molecule has 1 saturated heterocycles. The first kappa shape index (κ1) is 16.3. The van der Waals surface area contributed by atoms with Crippen molar-refractivity contribution in [2.45, 2.75) is 32.2 Å². The Morgan fingerprint density at radius 3 is 2.27 bits per heavy atom. The van der Waals surface area contributed by atoms with Gasteiger partial charge in [-0.1, -0.05) is 6.92 Å². The third-order valence-electron chi connectivity index (χ3n) is 4.10. The van der Waals surface area contributed by atoms with Gasteiger partial charge in [0.1, 0.15) is 0 Å². The Morgan fingerprint density at radius 2 is 1.77 bits per heavy atom. The van der Waals surface area contributed by atoms with Crippen molar-refractivity contribution < 1.29 is 9.59 Å². The molecule has 0 radical (unpaired) electrons. The summed E-state index contributed by atoms with van der Waals surface area (Å²) in [5.74, 6) is 0.162. The second kappa shape index (κ2) is 7.29. The number of hydrogen-bond donors (Lipinski definition) is 1. The van der Waals surface area contributed by atoms with Crippen LogP contribution in [-0.2, 0) is 4.79 Å². The summed E-state index contributed by atoms with van der Waals surface area (Å²) in [5, 5.41) is 3.01. The molecule has 1 fully saturated rings. The van der Waals surface area contributed by atoms with Crippen molar-refractivity contribution in [1.29, 1.82) is 0 Å². The van der Waals surface area contributed by atoms with Gasteiger partial charge in [0, 0.05) is 50.9 Å². The second-order valence-corrected chi connectivity index (χ2v) is 5.93. The molecule has 0 atom stereocenters. The summed E-state index contributed by atoms with van der Waals surface area (Å²) in [6.07, 6.45) is 2.16. The first-order valence-electron chi connectivity index (χ1n) is 7.87. The topological polar surface area (TPSA) is 52.7 Å². The van der Waals surface area contributed by atoms with Gasteiger partial charge < -0.3 is 15.1 Å². The summed E-state index contributed by atoms with van der Waals surface area (Å²) in [6, 6.07) is 7.88. The van der Waals surface area contributed by atoms with Gasteiger partial charge in [0.2, 0.25) is 5.91 Å². The monoisotopic (exact) mass is 303 g/mol. The van der Waals surface area contributed by atoms with Gasteiger partial charge >= 0.3 is 0 Å². The van der Waals surface area contributed by atoms with Crippen LogP contribution < -0.4 is 10.2 Å². The number of anilines is 1. The summed E-state index contributed by atoms with van der Waals surface area (Å²) >= 11 is 0. The van der Waals surface area contributed by atoms with Crippen LogP contribution in [0.15, 0.2) is 24.3 Å². The summed E-state index contributed by atoms with van der Waals surface area (Å²) in [6.45, 7) is 3.25. The molecule has 5 heteroatoms. The zero-order chi connectivity index (χ0) is 16.1. The van der Waals surface area contributed by atoms with Crippen LogP contribution in [0.1, 0.15) is 36.5 Å². The molecule has 0 aliphatic carbocycles. The van der Waals surface area contributed by atoms with Gasteiger partial charge in [-0.05, 0) is 37.1 Å². The summed E-state index contributed by atoms with van der Waals surface area (Å²) in [4.78, 5) is 27.8. The maximum Gasteiger partial charge on any atom is 0.253 e. The summed E-state index contributed by atoms with van der Waals surface area (Å²) in [5.41, 5.74) is 1.80. The largest absolute Gasteiger partial charge is 0.378 e. The van der Waals surface area contributed by atoms with E-state index in [1.807, 2.05) is 55.1 Å². The Bertz CT molecular complexity index is 517. The van der Waals surface area contributed by atoms with Crippen LogP contribution >= 0.6 is 0 Å². The minimum atomic E-state index is 0.0746. The average Bonchev–Trinajstić information content (AvgIpc) is 2.55. The summed E-state index contributed by atoms with van der Waals surface area (Å²) in [7, 11) is 3.96. The molecule has 1 aromatic rings. The Kier molecular flexibility index (Phi) is 5.41. The minimum Gasteiger partial charge on any atom is -0.378 e. The van der Waals surface area contributed by atoms with Crippen molar-refractivity contribution in [1.82, 2.24) is 10.2 Å². The number of likely N-dealkylation sites (tertiary alicyclic amines) is 1. The van der Waals surface area contributed by atoms with E-state index in [9.17, 15) is 9.59 Å². The van der Waals surface area contributed by atoms with Crippen molar-refractivity contribution >= 4 is 17.5 Å². The van der Waals surface area contributed by atoms with Crippen molar-refractivity contribution in [3.8, 4) is 0 Å². The predicted molar refractivity (Wildman–Crippen MR) is 88.1 cm³/mol. The van der Waals surface area contributed by atoms with E-state index >= 15 is 0 Å². The average molecular weight is 303 g/mol. The smallest absolute Gasteiger partial charge is 0.253 e. The molecule has 22 heavy (non-hydrogen) atoms. The van der Waals surface area contributed by atoms with Crippen LogP contribution in [-0.4, -0.2) is 49.9 Å². The Hall–Kier alpha value is -2.04. The van der Waals surface area contributed by atoms with Gasteiger partial charge in [0.05, 0.1) is 0 Å². The van der Waals surface area contributed by atoms with Crippen LogP contribution in [0.25, 0.3) is 0 Å². The standard InChI is InChI=1S/C17H25N3O2/c1-4-16(21)18-14-9-11-20(12-10-14)17(22)13-5-7-15(8-6-13)19(2)3/h5-8,14H,4,9-12H2,1-3H3,(H,18,21). The highest BCUT2D eigenvalue weighted by Crippen LogP contribution is 2.17. The fourth-order valence-corrected chi connectivity index (χ4v) is 2.64. The van der Waals surface area contributed by atoms with Gasteiger partial charge in [0.15, 0.2) is 0 Å².